The van der Waals surface area contributed by atoms with Gasteiger partial charge in [-0.3, -0.25) is 9.63 Å². The summed E-state index contributed by atoms with van der Waals surface area (Å²) < 4.78 is 25.3. The summed E-state index contributed by atoms with van der Waals surface area (Å²) in [7, 11) is -1.53. The van der Waals surface area contributed by atoms with Crippen molar-refractivity contribution in [3.8, 4) is 0 Å². The summed E-state index contributed by atoms with van der Waals surface area (Å²) in [5.74, 6) is -0.481. The van der Waals surface area contributed by atoms with Gasteiger partial charge in [-0.05, 0) is 42.5 Å². The molecule has 0 saturated carbocycles. The first-order valence-corrected chi connectivity index (χ1v) is 8.85. The predicted octanol–water partition coefficient (Wildman–Crippen LogP) is 3.43. The van der Waals surface area contributed by atoms with Crippen molar-refractivity contribution >= 4 is 44.8 Å². The standard InChI is InChI=1S/C15H14Cl2N2O4S/c1-19(23-2)24(21,22)14-9-10(3-8-13(14)17)15(20)18-12-6-4-11(16)5-7-12/h3-9H,1-2H3,(H,18,20). The largest absolute Gasteiger partial charge is 0.322 e. The van der Waals surface area contributed by atoms with Crippen molar-refractivity contribution in [3.05, 3.63) is 58.1 Å². The SMILES string of the molecule is CON(C)S(=O)(=O)c1cc(C(=O)Nc2ccc(Cl)cc2)ccc1Cl. The van der Waals surface area contributed by atoms with Crippen molar-refractivity contribution in [1.29, 1.82) is 0 Å². The third-order valence-corrected chi connectivity index (χ3v) is 5.58. The Balaban J connectivity index is 2.33. The van der Waals surface area contributed by atoms with Gasteiger partial charge in [0.15, 0.2) is 0 Å². The molecule has 6 nitrogen and oxygen atoms in total. The average molecular weight is 389 g/mol. The molecule has 0 saturated heterocycles. The van der Waals surface area contributed by atoms with Gasteiger partial charge in [-0.15, -0.1) is 0 Å². The number of nitrogens with zero attached hydrogens (tertiary/aromatic N) is 1. The number of anilines is 1. The summed E-state index contributed by atoms with van der Waals surface area (Å²) >= 11 is 11.7. The van der Waals surface area contributed by atoms with Crippen LogP contribution in [0.2, 0.25) is 10.0 Å². The van der Waals surface area contributed by atoms with E-state index in [-0.39, 0.29) is 15.5 Å². The normalized spacial score (nSPS) is 11.5. The first-order chi connectivity index (χ1) is 11.3. The molecule has 24 heavy (non-hydrogen) atoms. The highest BCUT2D eigenvalue weighted by Crippen LogP contribution is 2.26. The smallest absolute Gasteiger partial charge is 0.266 e. The Morgan fingerprint density at radius 3 is 2.33 bits per heavy atom. The molecule has 0 aliphatic rings. The topological polar surface area (TPSA) is 75.7 Å². The number of benzene rings is 2. The van der Waals surface area contributed by atoms with Gasteiger partial charge in [-0.2, -0.15) is 0 Å². The third kappa shape index (κ3) is 4.06. The molecular weight excluding hydrogens is 375 g/mol. The van der Waals surface area contributed by atoms with E-state index in [0.717, 1.165) is 0 Å². The number of hydrogen-bond donors (Lipinski definition) is 1. The highest BCUT2D eigenvalue weighted by Gasteiger charge is 2.25. The van der Waals surface area contributed by atoms with E-state index in [1.807, 2.05) is 0 Å². The molecule has 0 radical (unpaired) electrons. The van der Waals surface area contributed by atoms with Crippen LogP contribution in [-0.4, -0.2) is 33.0 Å². The van der Waals surface area contributed by atoms with Crippen LogP contribution in [0.4, 0.5) is 5.69 Å². The zero-order chi connectivity index (χ0) is 17.9. The van der Waals surface area contributed by atoms with Crippen LogP contribution < -0.4 is 5.32 Å². The second kappa shape index (κ2) is 7.50. The Kier molecular flexibility index (Phi) is 5.84. The number of hydroxylamine groups is 1. The summed E-state index contributed by atoms with van der Waals surface area (Å²) in [6.45, 7) is 0. The Morgan fingerprint density at radius 1 is 1.12 bits per heavy atom. The predicted molar refractivity (Wildman–Crippen MR) is 92.8 cm³/mol. The van der Waals surface area contributed by atoms with Crippen LogP contribution in [0.15, 0.2) is 47.4 Å². The van der Waals surface area contributed by atoms with Crippen LogP contribution in [0.5, 0.6) is 0 Å². The molecule has 2 aromatic carbocycles. The van der Waals surface area contributed by atoms with Crippen molar-refractivity contribution in [1.82, 2.24) is 4.47 Å². The quantitative estimate of drug-likeness (QED) is 0.796. The molecule has 0 bridgehead atoms. The van der Waals surface area contributed by atoms with Gasteiger partial charge in [0.2, 0.25) is 0 Å². The zero-order valence-corrected chi connectivity index (χ0v) is 15.1. The number of carbonyl (C=O) groups excluding carboxylic acids is 1. The lowest BCUT2D eigenvalue weighted by Gasteiger charge is -2.16. The fourth-order valence-electron chi connectivity index (χ4n) is 1.82. The first-order valence-electron chi connectivity index (χ1n) is 6.65. The van der Waals surface area contributed by atoms with Crippen LogP contribution in [0.25, 0.3) is 0 Å². The minimum atomic E-state index is -3.97. The van der Waals surface area contributed by atoms with Gasteiger partial charge in [0.25, 0.3) is 15.9 Å². The van der Waals surface area contributed by atoms with Crippen molar-refractivity contribution in [2.75, 3.05) is 19.5 Å². The van der Waals surface area contributed by atoms with Gasteiger partial charge in [-0.25, -0.2) is 8.42 Å². The lowest BCUT2D eigenvalue weighted by Crippen LogP contribution is -2.26. The molecule has 0 aliphatic carbocycles. The minimum absolute atomic E-state index is 0.0121. The third-order valence-electron chi connectivity index (χ3n) is 3.17. The summed E-state index contributed by atoms with van der Waals surface area (Å²) in [4.78, 5) is 16.8. The van der Waals surface area contributed by atoms with Gasteiger partial charge >= 0.3 is 0 Å². The van der Waals surface area contributed by atoms with Gasteiger partial charge in [-0.1, -0.05) is 27.7 Å². The van der Waals surface area contributed by atoms with E-state index in [9.17, 15) is 13.2 Å². The lowest BCUT2D eigenvalue weighted by molar-refractivity contribution is -0.0258. The van der Waals surface area contributed by atoms with E-state index < -0.39 is 15.9 Å². The number of hydrogen-bond acceptors (Lipinski definition) is 4. The van der Waals surface area contributed by atoms with Crippen LogP contribution in [-0.2, 0) is 14.9 Å². The minimum Gasteiger partial charge on any atom is -0.322 e. The van der Waals surface area contributed by atoms with Crippen LogP contribution in [0.3, 0.4) is 0 Å². The molecule has 1 amide bonds. The summed E-state index contributed by atoms with van der Waals surface area (Å²) in [6, 6.07) is 10.5. The van der Waals surface area contributed by atoms with Gasteiger partial charge in [0, 0.05) is 23.3 Å². The van der Waals surface area contributed by atoms with Crippen LogP contribution in [0, 0.1) is 0 Å². The summed E-state index contributed by atoms with van der Waals surface area (Å²) in [5, 5.41) is 3.17. The molecule has 0 heterocycles. The van der Waals surface area contributed by atoms with Gasteiger partial charge in [0.1, 0.15) is 4.90 Å². The van der Waals surface area contributed by atoms with Crippen molar-refractivity contribution in [2.45, 2.75) is 4.90 Å². The maximum atomic E-state index is 12.3. The number of amides is 1. The molecule has 2 aromatic rings. The van der Waals surface area contributed by atoms with Crippen LogP contribution >= 0.6 is 23.2 Å². The summed E-state index contributed by atoms with van der Waals surface area (Å²) in [6.07, 6.45) is 0. The van der Waals surface area contributed by atoms with Crippen LogP contribution in [0.1, 0.15) is 10.4 Å². The molecule has 0 unspecified atom stereocenters. The molecule has 0 atom stereocenters. The van der Waals surface area contributed by atoms with Crippen molar-refractivity contribution in [2.24, 2.45) is 0 Å². The van der Waals surface area contributed by atoms with E-state index >= 15 is 0 Å². The Labute approximate surface area is 149 Å². The molecule has 2 rings (SSSR count). The molecule has 9 heteroatoms. The molecule has 0 aliphatic heterocycles. The zero-order valence-electron chi connectivity index (χ0n) is 12.8. The average Bonchev–Trinajstić information content (AvgIpc) is 2.56. The van der Waals surface area contributed by atoms with E-state index in [2.05, 4.69) is 5.32 Å². The number of sulfonamides is 1. The molecule has 0 fully saturated rings. The summed E-state index contributed by atoms with van der Waals surface area (Å²) in [5.41, 5.74) is 0.662. The number of nitrogens with one attached hydrogen (secondary N) is 1. The van der Waals surface area contributed by atoms with Crippen molar-refractivity contribution < 1.29 is 18.0 Å². The highest BCUT2D eigenvalue weighted by molar-refractivity contribution is 7.89. The maximum Gasteiger partial charge on any atom is 0.266 e. The Morgan fingerprint density at radius 2 is 1.75 bits per heavy atom. The van der Waals surface area contributed by atoms with Crippen molar-refractivity contribution in [3.63, 3.8) is 0 Å². The van der Waals surface area contributed by atoms with E-state index in [1.54, 1.807) is 24.3 Å². The number of carbonyl (C=O) groups is 1. The highest BCUT2D eigenvalue weighted by atomic mass is 35.5. The van der Waals surface area contributed by atoms with E-state index in [4.69, 9.17) is 28.0 Å². The molecular formula is C15H14Cl2N2O4S. The monoisotopic (exact) mass is 388 g/mol. The number of rotatable bonds is 5. The number of halogens is 2. The van der Waals surface area contributed by atoms with E-state index in [1.165, 1.54) is 32.4 Å². The van der Waals surface area contributed by atoms with E-state index in [0.29, 0.717) is 15.2 Å². The Hall–Kier alpha value is -1.64. The molecule has 0 spiro atoms. The molecule has 0 aromatic heterocycles. The lowest BCUT2D eigenvalue weighted by atomic mass is 10.2. The Bertz CT molecular complexity index is 854. The fourth-order valence-corrected chi connectivity index (χ4v) is 3.42. The first kappa shape index (κ1) is 18.7. The second-order valence-electron chi connectivity index (χ2n) is 4.70. The molecule has 128 valence electrons. The second-order valence-corrected chi connectivity index (χ2v) is 7.45. The fraction of sp³-hybridized carbons (Fsp3) is 0.133. The van der Waals surface area contributed by atoms with Gasteiger partial charge in [0.05, 0.1) is 12.1 Å². The van der Waals surface area contributed by atoms with Gasteiger partial charge < -0.3 is 5.32 Å². The maximum absolute atomic E-state index is 12.3. The molecule has 1 N–H and O–H groups in total.